The van der Waals surface area contributed by atoms with Crippen molar-refractivity contribution in [3.8, 4) is 0 Å². The van der Waals surface area contributed by atoms with Gasteiger partial charge < -0.3 is 10.6 Å². The molecule has 2 N–H and O–H groups in total. The van der Waals surface area contributed by atoms with Crippen molar-refractivity contribution >= 4 is 5.69 Å². The number of hydrogen-bond donors (Lipinski definition) is 2. The first-order chi connectivity index (χ1) is 7.27. The van der Waals surface area contributed by atoms with E-state index in [9.17, 15) is 0 Å². The van der Waals surface area contributed by atoms with Crippen LogP contribution in [-0.2, 0) is 0 Å². The summed E-state index contributed by atoms with van der Waals surface area (Å²) in [6.07, 6.45) is 2.50. The van der Waals surface area contributed by atoms with Crippen molar-refractivity contribution in [2.45, 2.75) is 32.7 Å². The molecule has 0 amide bonds. The predicted molar refractivity (Wildman–Crippen MR) is 67.3 cm³/mol. The van der Waals surface area contributed by atoms with Gasteiger partial charge in [0.1, 0.15) is 0 Å². The SMILES string of the molecule is CCCCNC(C)c1ccc(NC)cc1. The fourth-order valence-corrected chi connectivity index (χ4v) is 1.55. The van der Waals surface area contributed by atoms with Crippen LogP contribution in [0.25, 0.3) is 0 Å². The highest BCUT2D eigenvalue weighted by molar-refractivity contribution is 5.44. The lowest BCUT2D eigenvalue weighted by molar-refractivity contribution is 0.554. The molecule has 0 spiro atoms. The zero-order valence-electron chi connectivity index (χ0n) is 10.0. The van der Waals surface area contributed by atoms with E-state index in [1.807, 2.05) is 7.05 Å². The monoisotopic (exact) mass is 206 g/mol. The summed E-state index contributed by atoms with van der Waals surface area (Å²) in [7, 11) is 1.94. The Labute approximate surface area is 93.1 Å². The van der Waals surface area contributed by atoms with Gasteiger partial charge in [0.15, 0.2) is 0 Å². The quantitative estimate of drug-likeness (QED) is 0.699. The number of rotatable bonds is 6. The zero-order chi connectivity index (χ0) is 11.1. The van der Waals surface area contributed by atoms with Gasteiger partial charge in [0.2, 0.25) is 0 Å². The number of anilines is 1. The maximum Gasteiger partial charge on any atom is 0.0337 e. The van der Waals surface area contributed by atoms with Crippen LogP contribution in [0.15, 0.2) is 24.3 Å². The molecular weight excluding hydrogens is 184 g/mol. The van der Waals surface area contributed by atoms with Gasteiger partial charge >= 0.3 is 0 Å². The first kappa shape index (κ1) is 12.1. The first-order valence-electron chi connectivity index (χ1n) is 5.79. The van der Waals surface area contributed by atoms with Crippen LogP contribution in [0.4, 0.5) is 5.69 Å². The minimum atomic E-state index is 0.447. The lowest BCUT2D eigenvalue weighted by Gasteiger charge is -2.14. The van der Waals surface area contributed by atoms with E-state index < -0.39 is 0 Å². The van der Waals surface area contributed by atoms with Gasteiger partial charge in [0, 0.05) is 18.8 Å². The summed E-state index contributed by atoms with van der Waals surface area (Å²) in [5, 5.41) is 6.64. The van der Waals surface area contributed by atoms with Crippen molar-refractivity contribution in [1.82, 2.24) is 5.32 Å². The van der Waals surface area contributed by atoms with Crippen LogP contribution < -0.4 is 10.6 Å². The Hall–Kier alpha value is -1.02. The molecule has 2 nitrogen and oxygen atoms in total. The van der Waals surface area contributed by atoms with Crippen LogP contribution in [0.5, 0.6) is 0 Å². The fourth-order valence-electron chi connectivity index (χ4n) is 1.55. The molecule has 0 aliphatic heterocycles. The van der Waals surface area contributed by atoms with Crippen molar-refractivity contribution < 1.29 is 0 Å². The van der Waals surface area contributed by atoms with Gasteiger partial charge in [-0.3, -0.25) is 0 Å². The molecule has 1 rings (SSSR count). The van der Waals surface area contributed by atoms with Crippen LogP contribution in [0.2, 0.25) is 0 Å². The van der Waals surface area contributed by atoms with Gasteiger partial charge in [-0.25, -0.2) is 0 Å². The maximum absolute atomic E-state index is 3.52. The van der Waals surface area contributed by atoms with Gasteiger partial charge in [-0.2, -0.15) is 0 Å². The first-order valence-corrected chi connectivity index (χ1v) is 5.79. The lowest BCUT2D eigenvalue weighted by Crippen LogP contribution is -2.19. The molecule has 0 aliphatic rings. The van der Waals surface area contributed by atoms with Gasteiger partial charge in [-0.15, -0.1) is 0 Å². The molecule has 0 saturated heterocycles. The Balaban J connectivity index is 2.46. The standard InChI is InChI=1S/C13H22N2/c1-4-5-10-15-11(2)12-6-8-13(14-3)9-7-12/h6-9,11,14-15H,4-5,10H2,1-3H3. The lowest BCUT2D eigenvalue weighted by atomic mass is 10.1. The Bertz CT molecular complexity index is 266. The largest absolute Gasteiger partial charge is 0.388 e. The summed E-state index contributed by atoms with van der Waals surface area (Å²) in [5.41, 5.74) is 2.52. The molecule has 1 atom stereocenters. The normalized spacial score (nSPS) is 12.5. The topological polar surface area (TPSA) is 24.1 Å². The Kier molecular flexibility index (Phi) is 5.19. The number of unbranched alkanes of at least 4 members (excludes halogenated alkanes) is 1. The van der Waals surface area contributed by atoms with Gasteiger partial charge in [-0.1, -0.05) is 25.5 Å². The number of nitrogens with one attached hydrogen (secondary N) is 2. The second-order valence-corrected chi connectivity index (χ2v) is 3.90. The highest BCUT2D eigenvalue weighted by Gasteiger charge is 2.03. The van der Waals surface area contributed by atoms with E-state index in [0.717, 1.165) is 6.54 Å². The van der Waals surface area contributed by atoms with Crippen molar-refractivity contribution in [3.05, 3.63) is 29.8 Å². The summed E-state index contributed by atoms with van der Waals surface area (Å²) in [6.45, 7) is 5.53. The van der Waals surface area contributed by atoms with Gasteiger partial charge in [-0.05, 0) is 37.6 Å². The third-order valence-electron chi connectivity index (χ3n) is 2.68. The molecule has 15 heavy (non-hydrogen) atoms. The van der Waals surface area contributed by atoms with Crippen molar-refractivity contribution in [3.63, 3.8) is 0 Å². The van der Waals surface area contributed by atoms with E-state index in [-0.39, 0.29) is 0 Å². The van der Waals surface area contributed by atoms with Crippen molar-refractivity contribution in [1.29, 1.82) is 0 Å². The van der Waals surface area contributed by atoms with Crippen LogP contribution in [0.3, 0.4) is 0 Å². The maximum atomic E-state index is 3.52. The number of benzene rings is 1. The zero-order valence-corrected chi connectivity index (χ0v) is 10.0. The fraction of sp³-hybridized carbons (Fsp3) is 0.538. The predicted octanol–water partition coefficient (Wildman–Crippen LogP) is 3.18. The van der Waals surface area contributed by atoms with Crippen LogP contribution in [0.1, 0.15) is 38.3 Å². The number of hydrogen-bond acceptors (Lipinski definition) is 2. The molecule has 1 unspecified atom stereocenters. The summed E-state index contributed by atoms with van der Waals surface area (Å²) in [4.78, 5) is 0. The molecule has 0 aliphatic carbocycles. The molecule has 0 fully saturated rings. The molecule has 84 valence electrons. The molecule has 0 aromatic heterocycles. The molecule has 0 bridgehead atoms. The summed E-state index contributed by atoms with van der Waals surface area (Å²) in [5.74, 6) is 0. The van der Waals surface area contributed by atoms with Crippen LogP contribution in [-0.4, -0.2) is 13.6 Å². The highest BCUT2D eigenvalue weighted by Crippen LogP contribution is 2.15. The minimum Gasteiger partial charge on any atom is -0.388 e. The molecular formula is C13H22N2. The van der Waals surface area contributed by atoms with E-state index in [1.54, 1.807) is 0 Å². The summed E-state index contributed by atoms with van der Waals surface area (Å²) < 4.78 is 0. The average molecular weight is 206 g/mol. The van der Waals surface area contributed by atoms with E-state index in [1.165, 1.54) is 24.1 Å². The Morgan fingerprint density at radius 2 is 1.87 bits per heavy atom. The van der Waals surface area contributed by atoms with E-state index >= 15 is 0 Å². The molecule has 0 radical (unpaired) electrons. The highest BCUT2D eigenvalue weighted by atomic mass is 14.9. The second kappa shape index (κ2) is 6.46. The smallest absolute Gasteiger partial charge is 0.0337 e. The van der Waals surface area contributed by atoms with Crippen LogP contribution in [0, 0.1) is 0 Å². The Morgan fingerprint density at radius 1 is 1.20 bits per heavy atom. The molecule has 1 aromatic rings. The van der Waals surface area contributed by atoms with Gasteiger partial charge in [0.25, 0.3) is 0 Å². The minimum absolute atomic E-state index is 0.447. The Morgan fingerprint density at radius 3 is 2.40 bits per heavy atom. The van der Waals surface area contributed by atoms with E-state index in [2.05, 4.69) is 48.7 Å². The van der Waals surface area contributed by atoms with E-state index in [4.69, 9.17) is 0 Å². The second-order valence-electron chi connectivity index (χ2n) is 3.90. The van der Waals surface area contributed by atoms with E-state index in [0.29, 0.717) is 6.04 Å². The third kappa shape index (κ3) is 3.92. The molecule has 1 aromatic carbocycles. The summed E-state index contributed by atoms with van der Waals surface area (Å²) >= 11 is 0. The van der Waals surface area contributed by atoms with Gasteiger partial charge in [0.05, 0.1) is 0 Å². The van der Waals surface area contributed by atoms with Crippen molar-refractivity contribution in [2.24, 2.45) is 0 Å². The molecule has 0 saturated carbocycles. The molecule has 0 heterocycles. The third-order valence-corrected chi connectivity index (χ3v) is 2.68. The van der Waals surface area contributed by atoms with Crippen LogP contribution >= 0.6 is 0 Å². The van der Waals surface area contributed by atoms with Crippen molar-refractivity contribution in [2.75, 3.05) is 18.9 Å². The molecule has 2 heteroatoms. The summed E-state index contributed by atoms with van der Waals surface area (Å²) in [6, 6.07) is 9.04. The average Bonchev–Trinajstić information content (AvgIpc) is 2.29.